The number of sulfonamides is 1. The summed E-state index contributed by atoms with van der Waals surface area (Å²) in [6.45, 7) is 2.84. The van der Waals surface area contributed by atoms with Crippen LogP contribution in [0.5, 0.6) is 0 Å². The molecule has 0 saturated carbocycles. The van der Waals surface area contributed by atoms with Crippen LogP contribution in [0.25, 0.3) is 0 Å². The van der Waals surface area contributed by atoms with Crippen LogP contribution in [0.2, 0.25) is 0 Å². The quantitative estimate of drug-likeness (QED) is 0.828. The molecule has 1 fully saturated rings. The first-order chi connectivity index (χ1) is 9.98. The standard InChI is InChI=1S/C13H15BrN4O2S/c1-10-16-15-9-18(10)12-6-7-17(8-12)21(19,20)13-4-2-11(14)3-5-13/h2-5,9,12H,6-8H2,1H3. The molecule has 0 amide bonds. The summed E-state index contributed by atoms with van der Waals surface area (Å²) < 4.78 is 29.6. The predicted octanol–water partition coefficient (Wildman–Crippen LogP) is 1.98. The SMILES string of the molecule is Cc1nncn1C1CCN(S(=O)(=O)c2ccc(Br)cc2)C1. The Morgan fingerprint density at radius 2 is 2.00 bits per heavy atom. The Hall–Kier alpha value is -1.25. The Balaban J connectivity index is 1.82. The monoisotopic (exact) mass is 370 g/mol. The van der Waals surface area contributed by atoms with Crippen LogP contribution in [0.1, 0.15) is 18.3 Å². The number of nitrogens with zero attached hydrogens (tertiary/aromatic N) is 4. The summed E-state index contributed by atoms with van der Waals surface area (Å²) in [5.74, 6) is 0.808. The lowest BCUT2D eigenvalue weighted by Crippen LogP contribution is -2.29. The van der Waals surface area contributed by atoms with Crippen molar-refractivity contribution in [2.75, 3.05) is 13.1 Å². The summed E-state index contributed by atoms with van der Waals surface area (Å²) in [5.41, 5.74) is 0. The Morgan fingerprint density at radius 3 is 2.62 bits per heavy atom. The second-order valence-electron chi connectivity index (χ2n) is 5.04. The van der Waals surface area contributed by atoms with Gasteiger partial charge < -0.3 is 4.57 Å². The molecule has 112 valence electrons. The van der Waals surface area contributed by atoms with E-state index in [2.05, 4.69) is 26.1 Å². The summed E-state index contributed by atoms with van der Waals surface area (Å²) in [6.07, 6.45) is 2.43. The first kappa shape index (κ1) is 14.7. The van der Waals surface area contributed by atoms with Crippen LogP contribution in [0.3, 0.4) is 0 Å². The summed E-state index contributed by atoms with van der Waals surface area (Å²) in [5, 5.41) is 7.82. The lowest BCUT2D eigenvalue weighted by atomic mass is 10.2. The van der Waals surface area contributed by atoms with E-state index in [-0.39, 0.29) is 6.04 Å². The lowest BCUT2D eigenvalue weighted by molar-refractivity contribution is 0.448. The van der Waals surface area contributed by atoms with Crippen LogP contribution in [-0.4, -0.2) is 40.6 Å². The molecule has 0 bridgehead atoms. The van der Waals surface area contributed by atoms with E-state index in [9.17, 15) is 8.42 Å². The lowest BCUT2D eigenvalue weighted by Gasteiger charge is -2.17. The van der Waals surface area contributed by atoms with E-state index in [1.807, 2.05) is 11.5 Å². The van der Waals surface area contributed by atoms with Gasteiger partial charge in [0.1, 0.15) is 12.2 Å². The van der Waals surface area contributed by atoms with E-state index in [1.165, 1.54) is 4.31 Å². The molecule has 1 saturated heterocycles. The van der Waals surface area contributed by atoms with Gasteiger partial charge in [-0.1, -0.05) is 15.9 Å². The number of aromatic nitrogens is 3. The van der Waals surface area contributed by atoms with Gasteiger partial charge in [-0.3, -0.25) is 0 Å². The molecule has 0 aliphatic carbocycles. The van der Waals surface area contributed by atoms with Crippen molar-refractivity contribution in [3.8, 4) is 0 Å². The molecule has 1 atom stereocenters. The minimum Gasteiger partial charge on any atom is -0.313 e. The highest BCUT2D eigenvalue weighted by Crippen LogP contribution is 2.28. The highest BCUT2D eigenvalue weighted by Gasteiger charge is 2.33. The molecule has 8 heteroatoms. The van der Waals surface area contributed by atoms with Crippen molar-refractivity contribution < 1.29 is 8.42 Å². The average Bonchev–Trinajstić information content (AvgIpc) is 3.07. The maximum Gasteiger partial charge on any atom is 0.243 e. The normalized spacial score (nSPS) is 20.0. The predicted molar refractivity (Wildman–Crippen MR) is 81.3 cm³/mol. The van der Waals surface area contributed by atoms with Crippen LogP contribution < -0.4 is 0 Å². The van der Waals surface area contributed by atoms with Gasteiger partial charge in [-0.15, -0.1) is 10.2 Å². The number of hydrogen-bond acceptors (Lipinski definition) is 4. The minimum absolute atomic E-state index is 0.102. The number of rotatable bonds is 3. The molecule has 1 aromatic carbocycles. The number of aryl methyl sites for hydroxylation is 1. The van der Waals surface area contributed by atoms with Gasteiger partial charge >= 0.3 is 0 Å². The van der Waals surface area contributed by atoms with Crippen molar-refractivity contribution in [1.29, 1.82) is 0 Å². The topological polar surface area (TPSA) is 68.1 Å². The fraction of sp³-hybridized carbons (Fsp3) is 0.385. The second-order valence-corrected chi connectivity index (χ2v) is 7.90. The van der Waals surface area contributed by atoms with E-state index < -0.39 is 10.0 Å². The van der Waals surface area contributed by atoms with E-state index in [4.69, 9.17) is 0 Å². The van der Waals surface area contributed by atoms with Gasteiger partial charge in [0.15, 0.2) is 0 Å². The van der Waals surface area contributed by atoms with E-state index in [0.29, 0.717) is 18.0 Å². The molecule has 1 aliphatic heterocycles. The van der Waals surface area contributed by atoms with Crippen LogP contribution >= 0.6 is 15.9 Å². The zero-order valence-electron chi connectivity index (χ0n) is 11.5. The third-order valence-corrected chi connectivity index (χ3v) is 6.13. The largest absolute Gasteiger partial charge is 0.313 e. The fourth-order valence-electron chi connectivity index (χ4n) is 2.57. The molecule has 1 aromatic heterocycles. The third kappa shape index (κ3) is 2.75. The first-order valence-corrected chi connectivity index (χ1v) is 8.83. The van der Waals surface area contributed by atoms with E-state index >= 15 is 0 Å². The molecule has 0 spiro atoms. The van der Waals surface area contributed by atoms with Gasteiger partial charge in [0.2, 0.25) is 10.0 Å². The van der Waals surface area contributed by atoms with Gasteiger partial charge in [-0.25, -0.2) is 8.42 Å². The Morgan fingerprint density at radius 1 is 1.29 bits per heavy atom. The molecule has 3 rings (SSSR count). The van der Waals surface area contributed by atoms with Crippen LogP contribution in [-0.2, 0) is 10.0 Å². The highest BCUT2D eigenvalue weighted by molar-refractivity contribution is 9.10. The van der Waals surface area contributed by atoms with Crippen molar-refractivity contribution in [2.45, 2.75) is 24.3 Å². The molecule has 2 aromatic rings. The molecule has 2 heterocycles. The van der Waals surface area contributed by atoms with Crippen molar-refractivity contribution in [3.63, 3.8) is 0 Å². The van der Waals surface area contributed by atoms with E-state index in [0.717, 1.165) is 16.7 Å². The average molecular weight is 371 g/mol. The molecule has 21 heavy (non-hydrogen) atoms. The maximum absolute atomic E-state index is 12.6. The van der Waals surface area contributed by atoms with Gasteiger partial charge in [0, 0.05) is 17.6 Å². The van der Waals surface area contributed by atoms with Crippen molar-refractivity contribution in [3.05, 3.63) is 40.9 Å². The van der Waals surface area contributed by atoms with Crippen molar-refractivity contribution in [1.82, 2.24) is 19.1 Å². The van der Waals surface area contributed by atoms with Crippen molar-refractivity contribution >= 4 is 26.0 Å². The molecule has 0 N–H and O–H groups in total. The second kappa shape index (κ2) is 5.51. The molecule has 0 radical (unpaired) electrons. The van der Waals surface area contributed by atoms with Crippen molar-refractivity contribution in [2.24, 2.45) is 0 Å². The first-order valence-electron chi connectivity index (χ1n) is 6.60. The highest BCUT2D eigenvalue weighted by atomic mass is 79.9. The summed E-state index contributed by atoms with van der Waals surface area (Å²) in [4.78, 5) is 0.326. The molecule has 1 aliphatic rings. The Kier molecular flexibility index (Phi) is 3.85. The summed E-state index contributed by atoms with van der Waals surface area (Å²) in [6, 6.07) is 6.83. The molecular weight excluding hydrogens is 356 g/mol. The van der Waals surface area contributed by atoms with Gasteiger partial charge in [-0.2, -0.15) is 4.31 Å². The number of benzene rings is 1. The van der Waals surface area contributed by atoms with Gasteiger partial charge in [-0.05, 0) is 37.6 Å². The summed E-state index contributed by atoms with van der Waals surface area (Å²) in [7, 11) is -3.43. The Labute approximate surface area is 132 Å². The fourth-order valence-corrected chi connectivity index (χ4v) is 4.33. The smallest absolute Gasteiger partial charge is 0.243 e. The zero-order valence-corrected chi connectivity index (χ0v) is 13.9. The van der Waals surface area contributed by atoms with E-state index in [1.54, 1.807) is 30.6 Å². The van der Waals surface area contributed by atoms with Gasteiger partial charge in [0.05, 0.1) is 10.9 Å². The molecule has 1 unspecified atom stereocenters. The zero-order chi connectivity index (χ0) is 15.0. The molecular formula is C13H15BrN4O2S. The summed E-state index contributed by atoms with van der Waals surface area (Å²) >= 11 is 3.31. The number of hydrogen-bond donors (Lipinski definition) is 0. The van der Waals surface area contributed by atoms with Crippen LogP contribution in [0, 0.1) is 6.92 Å². The third-order valence-electron chi connectivity index (χ3n) is 3.72. The van der Waals surface area contributed by atoms with Crippen LogP contribution in [0.15, 0.2) is 40.0 Å². The Bertz CT molecular complexity index is 742. The maximum atomic E-state index is 12.6. The number of halogens is 1. The minimum atomic E-state index is -3.43. The van der Waals surface area contributed by atoms with Gasteiger partial charge in [0.25, 0.3) is 0 Å². The van der Waals surface area contributed by atoms with Crippen LogP contribution in [0.4, 0.5) is 0 Å². The molecule has 6 nitrogen and oxygen atoms in total.